The smallest absolute Gasteiger partial charge is 0.433 e. The van der Waals surface area contributed by atoms with Crippen LogP contribution in [0.1, 0.15) is 21.7 Å². The van der Waals surface area contributed by atoms with Crippen LogP contribution in [0.2, 0.25) is 0 Å². The normalized spacial score (nSPS) is 12.0. The summed E-state index contributed by atoms with van der Waals surface area (Å²) in [6.45, 7) is 0. The predicted molar refractivity (Wildman–Crippen MR) is 142 cm³/mol. The lowest BCUT2D eigenvalue weighted by molar-refractivity contribution is -0.384. The topological polar surface area (TPSA) is 112 Å². The molecule has 0 fully saturated rings. The van der Waals surface area contributed by atoms with Crippen molar-refractivity contribution in [2.45, 2.75) is 12.4 Å². The number of benzene rings is 2. The van der Waals surface area contributed by atoms with Crippen LogP contribution in [-0.2, 0) is 12.4 Å². The number of alkyl halides is 6. The predicted octanol–water partition coefficient (Wildman–Crippen LogP) is 8.21. The number of amides is 1. The van der Waals surface area contributed by atoms with Crippen molar-refractivity contribution in [3.05, 3.63) is 97.6 Å². The van der Waals surface area contributed by atoms with Gasteiger partial charge in [-0.25, -0.2) is 9.50 Å². The summed E-state index contributed by atoms with van der Waals surface area (Å²) in [5, 5.41) is 19.2. The van der Waals surface area contributed by atoms with Crippen molar-refractivity contribution < 1.29 is 40.8 Å². The number of nitrogens with zero attached hydrogens (tertiary/aromatic N) is 4. The van der Waals surface area contributed by atoms with E-state index in [2.05, 4.69) is 31.3 Å². The van der Waals surface area contributed by atoms with Gasteiger partial charge in [0, 0.05) is 12.1 Å². The Balaban J connectivity index is 1.51. The molecule has 2 aromatic carbocycles. The van der Waals surface area contributed by atoms with Gasteiger partial charge in [-0.3, -0.25) is 14.9 Å². The number of non-ortho nitro benzene ring substituents is 1. The minimum atomic E-state index is -4.87. The molecule has 0 aliphatic carbocycles. The summed E-state index contributed by atoms with van der Waals surface area (Å²) in [5.74, 6) is -1.66. The number of nitrogens with one attached hydrogen (secondary N) is 1. The fraction of sp³-hybridized carbons (Fsp3) is 0.0800. The summed E-state index contributed by atoms with van der Waals surface area (Å²) in [6.07, 6.45) is -9.55. The fourth-order valence-corrected chi connectivity index (χ4v) is 4.97. The summed E-state index contributed by atoms with van der Waals surface area (Å²) in [7, 11) is 0. The van der Waals surface area contributed by atoms with Crippen molar-refractivity contribution in [2.24, 2.45) is 0 Å². The third-order valence-corrected chi connectivity index (χ3v) is 7.19. The molecule has 0 aliphatic rings. The monoisotopic (exact) mass is 671 g/mol. The molecule has 3 aromatic heterocycles. The van der Waals surface area contributed by atoms with E-state index in [9.17, 15) is 41.3 Å². The molecule has 1 amide bonds. The van der Waals surface area contributed by atoms with Crippen molar-refractivity contribution in [1.82, 2.24) is 14.6 Å². The number of rotatable bonds is 6. The molecule has 1 N–H and O–H groups in total. The van der Waals surface area contributed by atoms with Crippen molar-refractivity contribution in [3.8, 4) is 22.1 Å². The largest absolute Gasteiger partial charge is 0.457 e. The van der Waals surface area contributed by atoms with E-state index in [0.29, 0.717) is 15.5 Å². The van der Waals surface area contributed by atoms with E-state index in [-0.39, 0.29) is 33.0 Å². The van der Waals surface area contributed by atoms with E-state index in [1.165, 1.54) is 6.07 Å². The van der Waals surface area contributed by atoms with Gasteiger partial charge in [0.25, 0.3) is 11.6 Å². The van der Waals surface area contributed by atoms with Gasteiger partial charge in [-0.15, -0.1) is 11.3 Å². The second-order valence-electron chi connectivity index (χ2n) is 8.45. The van der Waals surface area contributed by atoms with Gasteiger partial charge < -0.3 is 10.1 Å². The van der Waals surface area contributed by atoms with Gasteiger partial charge in [0.15, 0.2) is 17.0 Å². The maximum absolute atomic E-state index is 13.9. The molecule has 0 saturated carbocycles. The van der Waals surface area contributed by atoms with E-state index in [4.69, 9.17) is 4.74 Å². The zero-order valence-electron chi connectivity index (χ0n) is 20.3. The van der Waals surface area contributed by atoms with Gasteiger partial charge in [-0.1, -0.05) is 12.1 Å². The Morgan fingerprint density at radius 3 is 2.40 bits per heavy atom. The van der Waals surface area contributed by atoms with Crippen LogP contribution in [0.3, 0.4) is 0 Å². The van der Waals surface area contributed by atoms with E-state index in [1.807, 2.05) is 0 Å². The lowest BCUT2D eigenvalue weighted by Gasteiger charge is -2.11. The number of hydrogen-bond donors (Lipinski definition) is 1. The lowest BCUT2D eigenvalue weighted by atomic mass is 10.2. The molecule has 0 spiro atoms. The zero-order chi connectivity index (χ0) is 30.4. The number of fused-ring (bicyclic) bond motifs is 1. The van der Waals surface area contributed by atoms with Crippen LogP contribution in [0, 0.1) is 10.1 Å². The third-order valence-electron chi connectivity index (χ3n) is 5.57. The molecule has 0 unspecified atom stereocenters. The molecule has 216 valence electrons. The molecule has 5 rings (SSSR count). The molecular weight excluding hydrogens is 660 g/mol. The molecule has 42 heavy (non-hydrogen) atoms. The van der Waals surface area contributed by atoms with Crippen LogP contribution in [0.25, 0.3) is 16.2 Å². The summed E-state index contributed by atoms with van der Waals surface area (Å²) in [6, 6.07) is 10.7. The van der Waals surface area contributed by atoms with E-state index in [0.717, 1.165) is 47.7 Å². The van der Waals surface area contributed by atoms with Crippen LogP contribution >= 0.6 is 27.3 Å². The van der Waals surface area contributed by atoms with E-state index >= 15 is 0 Å². The average Bonchev–Trinajstić information content (AvgIpc) is 3.56. The number of thiophene rings is 1. The van der Waals surface area contributed by atoms with Crippen LogP contribution < -0.4 is 10.1 Å². The molecule has 0 radical (unpaired) electrons. The third kappa shape index (κ3) is 5.91. The Morgan fingerprint density at radius 1 is 1.00 bits per heavy atom. The molecule has 17 heteroatoms. The fourth-order valence-electron chi connectivity index (χ4n) is 3.77. The van der Waals surface area contributed by atoms with Gasteiger partial charge in [0.1, 0.15) is 11.5 Å². The first-order valence-corrected chi connectivity index (χ1v) is 13.0. The molecule has 0 atom stereocenters. The van der Waals surface area contributed by atoms with Crippen molar-refractivity contribution in [1.29, 1.82) is 0 Å². The highest BCUT2D eigenvalue weighted by atomic mass is 79.9. The molecular formula is C25H12BrF6N5O4S. The second kappa shape index (κ2) is 10.7. The number of carbonyl (C=O) groups is 1. The van der Waals surface area contributed by atoms with Crippen LogP contribution in [0.15, 0.2) is 70.5 Å². The second-order valence-corrected chi connectivity index (χ2v) is 10.2. The highest BCUT2D eigenvalue weighted by molar-refractivity contribution is 9.10. The summed E-state index contributed by atoms with van der Waals surface area (Å²) < 4.78 is 86.6. The quantitative estimate of drug-likeness (QED) is 0.111. The van der Waals surface area contributed by atoms with Crippen LogP contribution in [0.4, 0.5) is 37.7 Å². The minimum absolute atomic E-state index is 0.00699. The van der Waals surface area contributed by atoms with E-state index in [1.54, 1.807) is 17.5 Å². The molecule has 0 aliphatic heterocycles. The number of anilines is 1. The Labute approximate surface area is 242 Å². The minimum Gasteiger partial charge on any atom is -0.457 e. The maximum Gasteiger partial charge on any atom is 0.433 e. The van der Waals surface area contributed by atoms with Crippen molar-refractivity contribution in [2.75, 3.05) is 5.32 Å². The number of carbonyl (C=O) groups excluding carboxylic acids is 1. The zero-order valence-corrected chi connectivity index (χ0v) is 22.7. The van der Waals surface area contributed by atoms with Crippen LogP contribution in [0.5, 0.6) is 11.5 Å². The Morgan fingerprint density at radius 2 is 1.76 bits per heavy atom. The molecule has 5 aromatic rings. The van der Waals surface area contributed by atoms with Gasteiger partial charge in [-0.2, -0.15) is 31.4 Å². The maximum atomic E-state index is 13.9. The number of hydrogen-bond acceptors (Lipinski definition) is 7. The SMILES string of the molecule is O=C(Nc1cc(Oc2cccc(C(F)(F)F)c2)cc([N+](=O)[O-])c1)c1nn2c(C(F)(F)F)cc(-c3cccs3)nc2c1Br. The highest BCUT2D eigenvalue weighted by Crippen LogP contribution is 2.37. The average molecular weight is 672 g/mol. The van der Waals surface area contributed by atoms with Crippen LogP contribution in [-0.4, -0.2) is 25.4 Å². The first-order chi connectivity index (χ1) is 19.7. The van der Waals surface area contributed by atoms with Gasteiger partial charge >= 0.3 is 12.4 Å². The lowest BCUT2D eigenvalue weighted by Crippen LogP contribution is -2.16. The Kier molecular flexibility index (Phi) is 7.40. The molecule has 3 heterocycles. The standard InChI is InChI=1S/C25H12BrF6N5O4S/c26-20-21(35-36-19(25(30,31)32)11-17(34-22(20)36)18-5-2-6-42-18)23(38)33-13-8-14(37(39)40)10-16(9-13)41-15-4-1-3-12(7-15)24(27,28)29/h1-11H,(H,33,38). The summed E-state index contributed by atoms with van der Waals surface area (Å²) in [5.41, 5.74) is -3.91. The number of ether oxygens (including phenoxy) is 1. The first-order valence-electron chi connectivity index (χ1n) is 11.4. The van der Waals surface area contributed by atoms with Gasteiger partial charge in [-0.05, 0) is 51.6 Å². The highest BCUT2D eigenvalue weighted by Gasteiger charge is 2.37. The van der Waals surface area contributed by atoms with Gasteiger partial charge in [0.05, 0.1) is 37.3 Å². The van der Waals surface area contributed by atoms with E-state index < -0.39 is 45.8 Å². The summed E-state index contributed by atoms with van der Waals surface area (Å²) >= 11 is 4.24. The van der Waals surface area contributed by atoms with Crippen molar-refractivity contribution >= 4 is 50.2 Å². The summed E-state index contributed by atoms with van der Waals surface area (Å²) in [4.78, 5) is 28.4. The van der Waals surface area contributed by atoms with Crippen molar-refractivity contribution in [3.63, 3.8) is 0 Å². The number of nitro groups is 1. The Bertz CT molecular complexity index is 1840. The molecule has 0 saturated heterocycles. The number of nitro benzene ring substituents is 1. The number of halogens is 7. The first kappa shape index (κ1) is 29.0. The Hall–Kier alpha value is -4.51. The molecule has 9 nitrogen and oxygen atoms in total. The number of aromatic nitrogens is 3. The molecule has 0 bridgehead atoms. The van der Waals surface area contributed by atoms with Gasteiger partial charge in [0.2, 0.25) is 0 Å².